The quantitative estimate of drug-likeness (QED) is 0.831. The Morgan fingerprint density at radius 2 is 2.00 bits per heavy atom. The van der Waals surface area contributed by atoms with Gasteiger partial charge in [-0.05, 0) is 42.7 Å². The van der Waals surface area contributed by atoms with Gasteiger partial charge in [0.25, 0.3) is 0 Å². The van der Waals surface area contributed by atoms with E-state index in [9.17, 15) is 4.39 Å². The molecule has 5 heteroatoms. The topological polar surface area (TPSA) is 50.9 Å². The number of hydrogen-bond donors (Lipinski definition) is 2. The van der Waals surface area contributed by atoms with Crippen LogP contribution in [0.1, 0.15) is 16.7 Å². The van der Waals surface area contributed by atoms with Crippen LogP contribution in [0, 0.1) is 12.7 Å². The summed E-state index contributed by atoms with van der Waals surface area (Å²) >= 11 is 5.05. The molecule has 0 fully saturated rings. The first-order valence-electron chi connectivity index (χ1n) is 6.31. The number of aromatic nitrogens is 1. The predicted octanol–water partition coefficient (Wildman–Crippen LogP) is 2.82. The minimum absolute atomic E-state index is 0.224. The fraction of sp³-hybridized carbons (Fsp3) is 0.200. The van der Waals surface area contributed by atoms with Crippen LogP contribution in [0.3, 0.4) is 0 Å². The minimum Gasteiger partial charge on any atom is -0.389 e. The van der Waals surface area contributed by atoms with Gasteiger partial charge in [0, 0.05) is 12.7 Å². The molecule has 1 aromatic carbocycles. The van der Waals surface area contributed by atoms with Crippen LogP contribution in [0.4, 0.5) is 10.2 Å². The SMILES string of the molecule is Cc1ccnc(NCCc2ccc(F)cc2)c1C(N)=S. The summed E-state index contributed by atoms with van der Waals surface area (Å²) in [6.07, 6.45) is 2.49. The molecule has 2 aromatic rings. The number of aryl methyl sites for hydroxylation is 1. The number of benzene rings is 1. The van der Waals surface area contributed by atoms with E-state index in [-0.39, 0.29) is 5.82 Å². The van der Waals surface area contributed by atoms with Gasteiger partial charge in [0.05, 0.1) is 5.56 Å². The number of nitrogens with one attached hydrogen (secondary N) is 1. The Hall–Kier alpha value is -2.01. The Morgan fingerprint density at radius 1 is 1.30 bits per heavy atom. The summed E-state index contributed by atoms with van der Waals surface area (Å²) < 4.78 is 12.8. The zero-order chi connectivity index (χ0) is 14.5. The summed E-state index contributed by atoms with van der Waals surface area (Å²) in [4.78, 5) is 4.60. The summed E-state index contributed by atoms with van der Waals surface area (Å²) in [6.45, 7) is 2.62. The first-order valence-corrected chi connectivity index (χ1v) is 6.72. The lowest BCUT2D eigenvalue weighted by Crippen LogP contribution is -2.17. The second-order valence-electron chi connectivity index (χ2n) is 4.52. The van der Waals surface area contributed by atoms with E-state index in [0.717, 1.165) is 23.1 Å². The molecule has 0 saturated heterocycles. The summed E-state index contributed by atoms with van der Waals surface area (Å²) in [6, 6.07) is 8.34. The van der Waals surface area contributed by atoms with E-state index in [1.807, 2.05) is 13.0 Å². The lowest BCUT2D eigenvalue weighted by Gasteiger charge is -2.12. The molecule has 3 nitrogen and oxygen atoms in total. The van der Waals surface area contributed by atoms with Crippen molar-refractivity contribution in [3.05, 3.63) is 59.0 Å². The molecule has 104 valence electrons. The van der Waals surface area contributed by atoms with Crippen LogP contribution in [-0.4, -0.2) is 16.5 Å². The maximum Gasteiger partial charge on any atom is 0.136 e. The smallest absolute Gasteiger partial charge is 0.136 e. The zero-order valence-corrected chi connectivity index (χ0v) is 12.0. The van der Waals surface area contributed by atoms with Crippen molar-refractivity contribution in [1.29, 1.82) is 0 Å². The number of nitrogens with zero attached hydrogens (tertiary/aromatic N) is 1. The van der Waals surface area contributed by atoms with E-state index >= 15 is 0 Å². The van der Waals surface area contributed by atoms with Crippen molar-refractivity contribution in [2.75, 3.05) is 11.9 Å². The third-order valence-electron chi connectivity index (χ3n) is 3.03. The first kappa shape index (κ1) is 14.4. The number of thiocarbonyl (C=S) groups is 1. The molecular formula is C15H16FN3S. The summed E-state index contributed by atoms with van der Waals surface area (Å²) in [5, 5.41) is 3.23. The van der Waals surface area contributed by atoms with Crippen molar-refractivity contribution < 1.29 is 4.39 Å². The molecule has 1 aromatic heterocycles. The molecule has 0 aliphatic heterocycles. The first-order chi connectivity index (χ1) is 9.58. The number of halogens is 1. The highest BCUT2D eigenvalue weighted by Crippen LogP contribution is 2.16. The van der Waals surface area contributed by atoms with Crippen molar-refractivity contribution in [1.82, 2.24) is 4.98 Å². The Bertz CT molecular complexity index is 611. The fourth-order valence-electron chi connectivity index (χ4n) is 1.98. The number of pyridine rings is 1. The van der Waals surface area contributed by atoms with Crippen molar-refractivity contribution in [3.63, 3.8) is 0 Å². The molecular weight excluding hydrogens is 273 g/mol. The lowest BCUT2D eigenvalue weighted by molar-refractivity contribution is 0.627. The Morgan fingerprint density at radius 3 is 2.65 bits per heavy atom. The minimum atomic E-state index is -0.224. The average molecular weight is 289 g/mol. The molecule has 1 heterocycles. The van der Waals surface area contributed by atoms with Crippen LogP contribution in [0.25, 0.3) is 0 Å². The number of rotatable bonds is 5. The van der Waals surface area contributed by atoms with E-state index in [1.165, 1.54) is 12.1 Å². The molecule has 0 unspecified atom stereocenters. The molecule has 0 amide bonds. The third-order valence-corrected chi connectivity index (χ3v) is 3.23. The van der Waals surface area contributed by atoms with E-state index in [1.54, 1.807) is 18.3 Å². The number of nitrogens with two attached hydrogens (primary N) is 1. The van der Waals surface area contributed by atoms with E-state index < -0.39 is 0 Å². The predicted molar refractivity (Wildman–Crippen MR) is 83.5 cm³/mol. The van der Waals surface area contributed by atoms with E-state index in [2.05, 4.69) is 10.3 Å². The highest BCUT2D eigenvalue weighted by atomic mass is 32.1. The highest BCUT2D eigenvalue weighted by Gasteiger charge is 2.09. The lowest BCUT2D eigenvalue weighted by atomic mass is 10.1. The molecule has 0 atom stereocenters. The van der Waals surface area contributed by atoms with Gasteiger partial charge in [0.1, 0.15) is 16.6 Å². The second kappa shape index (κ2) is 6.43. The fourth-order valence-corrected chi connectivity index (χ4v) is 2.24. The van der Waals surface area contributed by atoms with Crippen molar-refractivity contribution in [3.8, 4) is 0 Å². The summed E-state index contributed by atoms with van der Waals surface area (Å²) in [7, 11) is 0. The Balaban J connectivity index is 2.02. The monoisotopic (exact) mass is 289 g/mol. The van der Waals surface area contributed by atoms with Crippen molar-refractivity contribution in [2.45, 2.75) is 13.3 Å². The van der Waals surface area contributed by atoms with Gasteiger partial charge in [0.15, 0.2) is 0 Å². The maximum absolute atomic E-state index is 12.8. The normalized spacial score (nSPS) is 10.3. The standard InChI is InChI=1S/C15H16FN3S/c1-10-6-8-18-15(13(10)14(17)20)19-9-7-11-2-4-12(16)5-3-11/h2-6,8H,7,9H2,1H3,(H2,17,20)(H,18,19). The van der Waals surface area contributed by atoms with Crippen LogP contribution in [0.15, 0.2) is 36.5 Å². The number of hydrogen-bond acceptors (Lipinski definition) is 3. The van der Waals surface area contributed by atoms with Crippen LogP contribution < -0.4 is 11.1 Å². The van der Waals surface area contributed by atoms with Gasteiger partial charge >= 0.3 is 0 Å². The molecule has 2 rings (SSSR count). The molecule has 0 saturated carbocycles. The maximum atomic E-state index is 12.8. The van der Waals surface area contributed by atoms with Crippen LogP contribution in [0.5, 0.6) is 0 Å². The number of anilines is 1. The Labute approximate surface area is 123 Å². The van der Waals surface area contributed by atoms with E-state index in [0.29, 0.717) is 17.4 Å². The zero-order valence-electron chi connectivity index (χ0n) is 11.2. The van der Waals surface area contributed by atoms with Gasteiger partial charge in [-0.1, -0.05) is 24.4 Å². The largest absolute Gasteiger partial charge is 0.389 e. The van der Waals surface area contributed by atoms with Gasteiger partial charge in [-0.2, -0.15) is 0 Å². The van der Waals surface area contributed by atoms with Gasteiger partial charge in [0.2, 0.25) is 0 Å². The average Bonchev–Trinajstić information content (AvgIpc) is 2.40. The molecule has 0 radical (unpaired) electrons. The van der Waals surface area contributed by atoms with Crippen LogP contribution >= 0.6 is 12.2 Å². The Kier molecular flexibility index (Phi) is 4.63. The molecule has 3 N–H and O–H groups in total. The molecule has 0 spiro atoms. The highest BCUT2D eigenvalue weighted by molar-refractivity contribution is 7.80. The van der Waals surface area contributed by atoms with E-state index in [4.69, 9.17) is 18.0 Å². The van der Waals surface area contributed by atoms with Crippen LogP contribution in [0.2, 0.25) is 0 Å². The van der Waals surface area contributed by atoms with Gasteiger partial charge in [-0.25, -0.2) is 9.37 Å². The molecule has 20 heavy (non-hydrogen) atoms. The summed E-state index contributed by atoms with van der Waals surface area (Å²) in [5.41, 5.74) is 8.56. The molecule has 0 aliphatic carbocycles. The molecule has 0 aliphatic rings. The summed E-state index contributed by atoms with van der Waals surface area (Å²) in [5.74, 6) is 0.470. The second-order valence-corrected chi connectivity index (χ2v) is 4.96. The van der Waals surface area contributed by atoms with Gasteiger partial charge < -0.3 is 11.1 Å². The van der Waals surface area contributed by atoms with Crippen molar-refractivity contribution in [2.24, 2.45) is 5.73 Å². The molecule has 0 bridgehead atoms. The van der Waals surface area contributed by atoms with Crippen LogP contribution in [-0.2, 0) is 6.42 Å². The van der Waals surface area contributed by atoms with Crippen molar-refractivity contribution >= 4 is 23.0 Å². The van der Waals surface area contributed by atoms with Gasteiger partial charge in [-0.15, -0.1) is 0 Å². The third kappa shape index (κ3) is 3.51. The van der Waals surface area contributed by atoms with Gasteiger partial charge in [-0.3, -0.25) is 0 Å².